The summed E-state index contributed by atoms with van der Waals surface area (Å²) in [6, 6.07) is 13.6. The van der Waals surface area contributed by atoms with Crippen molar-refractivity contribution in [3.8, 4) is 11.1 Å². The van der Waals surface area contributed by atoms with Crippen molar-refractivity contribution in [1.82, 2.24) is 0 Å². The molecule has 0 aromatic heterocycles. The van der Waals surface area contributed by atoms with E-state index in [1.807, 2.05) is 0 Å². The molecular formula is C17H19Cl2Hf. The average molecular weight is 473 g/mol. The topological polar surface area (TPSA) is 0 Å². The van der Waals surface area contributed by atoms with Crippen LogP contribution in [-0.2, 0) is 24.4 Å². The molecule has 0 N–H and O–H groups in total. The minimum absolute atomic E-state index is 0.685. The molecule has 3 heteroatoms. The molecule has 0 spiro atoms. The van der Waals surface area contributed by atoms with Gasteiger partial charge < -0.3 is 0 Å². The Morgan fingerprint density at radius 3 is 2.15 bits per heavy atom. The molecule has 0 bridgehead atoms. The van der Waals surface area contributed by atoms with Gasteiger partial charge in [-0.3, -0.25) is 0 Å². The molecule has 2 aromatic rings. The number of hydrogen-bond donors (Lipinski definition) is 0. The zero-order valence-electron chi connectivity index (χ0n) is 12.3. The first-order chi connectivity index (χ1) is 9.68. The Hall–Kier alpha value is -0.110. The fourth-order valence-corrected chi connectivity index (χ4v) is 4.46. The van der Waals surface area contributed by atoms with Crippen LogP contribution >= 0.6 is 23.2 Å². The fraction of sp³-hybridized carbons (Fsp3) is 0.294. The third-order valence-corrected chi connectivity index (χ3v) is 5.60. The van der Waals surface area contributed by atoms with E-state index in [0.717, 1.165) is 0 Å². The summed E-state index contributed by atoms with van der Waals surface area (Å²) < 4.78 is 0.685. The molecule has 0 saturated heterocycles. The maximum atomic E-state index is 4.64. The summed E-state index contributed by atoms with van der Waals surface area (Å²) in [5.74, 6) is 0. The summed E-state index contributed by atoms with van der Waals surface area (Å²) in [6.07, 6.45) is 2.94. The molecule has 0 nitrogen and oxygen atoms in total. The molecule has 1 atom stereocenters. The monoisotopic (exact) mass is 473 g/mol. The third-order valence-electron chi connectivity index (χ3n) is 3.36. The Labute approximate surface area is 147 Å². The van der Waals surface area contributed by atoms with Crippen LogP contribution in [0, 0.1) is 13.8 Å². The molecule has 105 valence electrons. The third kappa shape index (κ3) is 3.37. The van der Waals surface area contributed by atoms with E-state index in [0.29, 0.717) is 3.67 Å². The van der Waals surface area contributed by atoms with E-state index in [2.05, 4.69) is 73.4 Å². The van der Waals surface area contributed by atoms with Gasteiger partial charge in [0.25, 0.3) is 0 Å². The number of halogens is 2. The van der Waals surface area contributed by atoms with Crippen molar-refractivity contribution >= 4 is 23.2 Å². The number of benzene rings is 2. The van der Waals surface area contributed by atoms with Gasteiger partial charge in [-0.1, -0.05) is 0 Å². The Morgan fingerprint density at radius 2 is 1.50 bits per heavy atom. The summed E-state index contributed by atoms with van der Waals surface area (Å²) in [4.78, 5) is 0. The summed E-state index contributed by atoms with van der Waals surface area (Å²) in [6.45, 7) is 4.44. The van der Waals surface area contributed by atoms with Gasteiger partial charge in [0.05, 0.1) is 0 Å². The van der Waals surface area contributed by atoms with Crippen LogP contribution in [0.25, 0.3) is 11.1 Å². The second-order valence-electron chi connectivity index (χ2n) is 4.57. The van der Waals surface area contributed by atoms with Crippen molar-refractivity contribution in [3.05, 3.63) is 58.7 Å². The summed E-state index contributed by atoms with van der Waals surface area (Å²) in [5, 5.41) is 0. The molecule has 0 fully saturated rings. The van der Waals surface area contributed by atoms with E-state index in [1.54, 1.807) is 5.56 Å². The van der Waals surface area contributed by atoms with Crippen LogP contribution in [0.2, 0.25) is 0 Å². The second-order valence-corrected chi connectivity index (χ2v) is 6.64. The summed E-state index contributed by atoms with van der Waals surface area (Å²) in [5.41, 5.74) is 8.89. The van der Waals surface area contributed by atoms with Crippen LogP contribution in [0.5, 0.6) is 0 Å². The van der Waals surface area contributed by atoms with Crippen LogP contribution in [0.15, 0.2) is 36.4 Å². The molecule has 0 aliphatic heterocycles. The molecule has 0 heterocycles. The van der Waals surface area contributed by atoms with Crippen molar-refractivity contribution in [2.75, 3.05) is 12.8 Å². The van der Waals surface area contributed by atoms with Gasteiger partial charge in [-0.05, 0) is 0 Å². The zero-order chi connectivity index (χ0) is 15.3. The molecule has 0 radical (unpaired) electrons. The van der Waals surface area contributed by atoms with Gasteiger partial charge in [0.1, 0.15) is 0 Å². The first kappa shape index (κ1) is 17.9. The van der Waals surface area contributed by atoms with Gasteiger partial charge >= 0.3 is 112 Å². The van der Waals surface area contributed by atoms with Crippen LogP contribution in [0.1, 0.15) is 25.9 Å². The van der Waals surface area contributed by atoms with Gasteiger partial charge in [0.15, 0.2) is 0 Å². The molecule has 0 saturated carbocycles. The Bertz CT molecular complexity index is 579. The van der Waals surface area contributed by atoms with Crippen LogP contribution in [-0.4, -0.2) is 12.8 Å². The van der Waals surface area contributed by atoms with Gasteiger partial charge in [-0.15, -0.1) is 23.2 Å². The Kier molecular flexibility index (Phi) is 7.50. The molecule has 20 heavy (non-hydrogen) atoms. The fourth-order valence-electron chi connectivity index (χ4n) is 2.74. The molecular weight excluding hydrogens is 454 g/mol. The SMILES string of the molecule is CCl.CCl.Cc1cc(C)c2c(c1)[CH]([Hf])c1ccccc1-2. The first-order valence-electron chi connectivity index (χ1n) is 6.35. The zero-order valence-corrected chi connectivity index (χ0v) is 17.4. The van der Waals surface area contributed by atoms with E-state index in [9.17, 15) is 0 Å². The minimum atomic E-state index is 0.685. The van der Waals surface area contributed by atoms with Crippen LogP contribution in [0.4, 0.5) is 0 Å². The predicted octanol–water partition coefficient (Wildman–Crippen LogP) is 5.63. The van der Waals surface area contributed by atoms with E-state index in [1.165, 1.54) is 65.0 Å². The number of hydrogen-bond acceptors (Lipinski definition) is 0. The van der Waals surface area contributed by atoms with Crippen molar-refractivity contribution in [3.63, 3.8) is 0 Å². The summed E-state index contributed by atoms with van der Waals surface area (Å²) in [7, 11) is 0. The average Bonchev–Trinajstić information content (AvgIpc) is 2.77. The first-order valence-corrected chi connectivity index (χ1v) is 9.94. The molecule has 1 aliphatic rings. The molecule has 2 aromatic carbocycles. The van der Waals surface area contributed by atoms with Crippen molar-refractivity contribution in [2.24, 2.45) is 0 Å². The number of fused-ring (bicyclic) bond motifs is 3. The second kappa shape index (κ2) is 8.36. The number of aryl methyl sites for hydroxylation is 2. The number of rotatable bonds is 0. The Balaban J connectivity index is 0.000000461. The maximum absolute atomic E-state index is 4.64. The van der Waals surface area contributed by atoms with Crippen molar-refractivity contribution in [2.45, 2.75) is 17.5 Å². The van der Waals surface area contributed by atoms with Gasteiger partial charge in [-0.25, -0.2) is 0 Å². The van der Waals surface area contributed by atoms with Crippen LogP contribution < -0.4 is 0 Å². The van der Waals surface area contributed by atoms with Gasteiger partial charge in [-0.2, -0.15) is 0 Å². The van der Waals surface area contributed by atoms with E-state index in [4.69, 9.17) is 0 Å². The molecule has 1 aliphatic carbocycles. The van der Waals surface area contributed by atoms with Crippen molar-refractivity contribution in [1.29, 1.82) is 0 Å². The van der Waals surface area contributed by atoms with E-state index >= 15 is 0 Å². The quantitative estimate of drug-likeness (QED) is 0.344. The van der Waals surface area contributed by atoms with Gasteiger partial charge in [0, 0.05) is 12.8 Å². The van der Waals surface area contributed by atoms with E-state index in [-0.39, 0.29) is 0 Å². The van der Waals surface area contributed by atoms with Crippen molar-refractivity contribution < 1.29 is 24.4 Å². The van der Waals surface area contributed by atoms with Gasteiger partial charge in [0.2, 0.25) is 0 Å². The summed E-state index contributed by atoms with van der Waals surface area (Å²) >= 11 is 10.5. The van der Waals surface area contributed by atoms with E-state index < -0.39 is 0 Å². The molecule has 3 rings (SSSR count). The standard InChI is InChI=1S/C15H13.2CH3Cl.Hf/c1-10-7-11(2)15-13(8-10)9-12-5-3-4-6-14(12)15;2*1-2;/h3-9H,1-2H3;2*1H3;. The molecule has 0 amide bonds. The predicted molar refractivity (Wildman–Crippen MR) is 86.7 cm³/mol. The normalized spacial score (nSPS) is 14.2. The molecule has 1 unspecified atom stereocenters. The Morgan fingerprint density at radius 1 is 0.900 bits per heavy atom. The number of alkyl halides is 2. The van der Waals surface area contributed by atoms with Crippen LogP contribution in [0.3, 0.4) is 0 Å².